The number of carbonyl (C=O) groups is 1. The normalized spacial score (nSPS) is 23.1. The molecule has 8 nitrogen and oxygen atoms in total. The number of fused-ring (bicyclic) bond motifs is 3. The second kappa shape index (κ2) is 9.68. The first-order valence-corrected chi connectivity index (χ1v) is 12.9. The average Bonchev–Trinajstić information content (AvgIpc) is 3.31. The molecule has 3 aliphatic heterocycles. The zero-order valence-electron chi connectivity index (χ0n) is 20.4. The number of carbonyl (C=O) groups excluding carboxylic acids is 1. The third kappa shape index (κ3) is 4.70. The summed E-state index contributed by atoms with van der Waals surface area (Å²) in [4.78, 5) is 22.1. The summed E-state index contributed by atoms with van der Waals surface area (Å²) < 4.78 is 7.65. The minimum atomic E-state index is -0.0112. The minimum Gasteiger partial charge on any atom is -0.378 e. The van der Waals surface area contributed by atoms with E-state index in [1.54, 1.807) is 0 Å². The summed E-state index contributed by atoms with van der Waals surface area (Å²) in [7, 11) is 2.03. The molecule has 3 fully saturated rings. The largest absolute Gasteiger partial charge is 0.378 e. The number of rotatable bonds is 6. The number of piperidine rings is 1. The van der Waals surface area contributed by atoms with Crippen molar-refractivity contribution < 1.29 is 9.53 Å². The van der Waals surface area contributed by atoms with Gasteiger partial charge in [0.1, 0.15) is 5.82 Å². The first-order chi connectivity index (χ1) is 17.1. The number of nitrogens with zero attached hydrogens (tertiary/aromatic N) is 5. The zero-order chi connectivity index (χ0) is 23.8. The van der Waals surface area contributed by atoms with Crippen molar-refractivity contribution in [3.63, 3.8) is 0 Å². The van der Waals surface area contributed by atoms with Crippen LogP contribution in [0.15, 0.2) is 36.7 Å². The van der Waals surface area contributed by atoms with Crippen molar-refractivity contribution in [2.75, 3.05) is 38.2 Å². The lowest BCUT2D eigenvalue weighted by Crippen LogP contribution is -2.48. The molecule has 5 heterocycles. The molecule has 6 rings (SSSR count). The topological polar surface area (TPSA) is 75.5 Å². The highest BCUT2D eigenvalue weighted by atomic mass is 16.5. The Kier molecular flexibility index (Phi) is 6.26. The molecule has 0 aliphatic carbocycles. The molecule has 3 aliphatic rings. The van der Waals surface area contributed by atoms with Crippen LogP contribution in [0.3, 0.4) is 0 Å². The van der Waals surface area contributed by atoms with E-state index in [0.717, 1.165) is 62.0 Å². The number of likely N-dealkylation sites (tertiary alicyclic amines) is 1. The first-order valence-electron chi connectivity index (χ1n) is 12.9. The van der Waals surface area contributed by atoms with Gasteiger partial charge in [-0.2, -0.15) is 5.10 Å². The average molecular weight is 475 g/mol. The van der Waals surface area contributed by atoms with Gasteiger partial charge in [0.25, 0.3) is 0 Å². The van der Waals surface area contributed by atoms with Gasteiger partial charge in [-0.1, -0.05) is 18.6 Å². The SMILES string of the molecule is Cn1ncc(-c2ccc3cnc(NC(=O)CN4C5CCC4COC5)cc3c2)c1CN1CCCCC1. The Hall–Kier alpha value is -2.81. The molecule has 3 saturated heterocycles. The molecule has 35 heavy (non-hydrogen) atoms. The van der Waals surface area contributed by atoms with Crippen LogP contribution in [0, 0.1) is 0 Å². The second-order valence-corrected chi connectivity index (χ2v) is 10.2. The van der Waals surface area contributed by atoms with Crippen molar-refractivity contribution >= 4 is 22.5 Å². The van der Waals surface area contributed by atoms with Crippen molar-refractivity contribution in [1.29, 1.82) is 0 Å². The molecule has 0 radical (unpaired) electrons. The molecule has 2 bridgehead atoms. The van der Waals surface area contributed by atoms with Crippen molar-refractivity contribution in [1.82, 2.24) is 24.6 Å². The van der Waals surface area contributed by atoms with Crippen LogP contribution in [0.4, 0.5) is 5.82 Å². The lowest BCUT2D eigenvalue weighted by atomic mass is 10.0. The lowest BCUT2D eigenvalue weighted by Gasteiger charge is -2.33. The Morgan fingerprint density at radius 3 is 2.66 bits per heavy atom. The van der Waals surface area contributed by atoms with Crippen LogP contribution in [-0.2, 0) is 23.1 Å². The zero-order valence-corrected chi connectivity index (χ0v) is 20.4. The first kappa shape index (κ1) is 22.6. The number of anilines is 1. The molecule has 2 unspecified atom stereocenters. The van der Waals surface area contributed by atoms with E-state index in [1.165, 1.54) is 30.5 Å². The molecule has 1 aromatic carbocycles. The van der Waals surface area contributed by atoms with Gasteiger partial charge in [0, 0.05) is 42.8 Å². The van der Waals surface area contributed by atoms with E-state index in [4.69, 9.17) is 4.74 Å². The number of ether oxygens (including phenoxy) is 1. The van der Waals surface area contributed by atoms with Crippen LogP contribution in [0.2, 0.25) is 0 Å². The monoisotopic (exact) mass is 474 g/mol. The summed E-state index contributed by atoms with van der Waals surface area (Å²) >= 11 is 0. The number of aromatic nitrogens is 3. The number of hydrogen-bond donors (Lipinski definition) is 1. The maximum absolute atomic E-state index is 12.8. The molecule has 0 saturated carbocycles. The fourth-order valence-electron chi connectivity index (χ4n) is 5.92. The van der Waals surface area contributed by atoms with E-state index in [9.17, 15) is 4.79 Å². The van der Waals surface area contributed by atoms with E-state index >= 15 is 0 Å². The highest BCUT2D eigenvalue weighted by Crippen LogP contribution is 2.30. The van der Waals surface area contributed by atoms with Crippen molar-refractivity contribution in [3.05, 3.63) is 42.4 Å². The summed E-state index contributed by atoms with van der Waals surface area (Å²) in [5.41, 5.74) is 3.56. The Balaban J connectivity index is 1.20. The fraction of sp³-hybridized carbons (Fsp3) is 0.519. The maximum Gasteiger partial charge on any atom is 0.239 e. The number of pyridine rings is 1. The van der Waals surface area contributed by atoms with E-state index in [2.05, 4.69) is 43.4 Å². The molecule has 3 aromatic rings. The van der Waals surface area contributed by atoms with Gasteiger partial charge >= 0.3 is 0 Å². The molecule has 8 heteroatoms. The smallest absolute Gasteiger partial charge is 0.239 e. The van der Waals surface area contributed by atoms with Crippen LogP contribution >= 0.6 is 0 Å². The van der Waals surface area contributed by atoms with Crippen molar-refractivity contribution in [2.45, 2.75) is 50.7 Å². The summed E-state index contributed by atoms with van der Waals surface area (Å²) in [6, 6.07) is 9.15. The summed E-state index contributed by atoms with van der Waals surface area (Å²) in [5.74, 6) is 0.586. The van der Waals surface area contributed by atoms with Gasteiger partial charge in [-0.15, -0.1) is 0 Å². The molecule has 1 N–H and O–H groups in total. The Morgan fingerprint density at radius 1 is 1.06 bits per heavy atom. The third-order valence-corrected chi connectivity index (χ3v) is 7.90. The number of nitrogens with one attached hydrogen (secondary N) is 1. The van der Waals surface area contributed by atoms with Gasteiger partial charge < -0.3 is 10.1 Å². The molecule has 0 spiro atoms. The van der Waals surface area contributed by atoms with Gasteiger partial charge in [0.2, 0.25) is 5.91 Å². The summed E-state index contributed by atoms with van der Waals surface area (Å²) in [5, 5.41) is 9.72. The molecule has 184 valence electrons. The number of aryl methyl sites for hydroxylation is 1. The van der Waals surface area contributed by atoms with E-state index in [1.807, 2.05) is 30.2 Å². The molecule has 2 aromatic heterocycles. The van der Waals surface area contributed by atoms with E-state index in [0.29, 0.717) is 24.4 Å². The van der Waals surface area contributed by atoms with Crippen LogP contribution < -0.4 is 5.32 Å². The van der Waals surface area contributed by atoms with Gasteiger partial charge in [0.15, 0.2) is 0 Å². The van der Waals surface area contributed by atoms with Crippen LogP contribution in [0.1, 0.15) is 37.8 Å². The van der Waals surface area contributed by atoms with Gasteiger partial charge in [-0.05, 0) is 61.9 Å². The lowest BCUT2D eigenvalue weighted by molar-refractivity contribution is -0.120. The van der Waals surface area contributed by atoms with E-state index < -0.39 is 0 Å². The number of hydrogen-bond acceptors (Lipinski definition) is 6. The minimum absolute atomic E-state index is 0.0112. The van der Waals surface area contributed by atoms with E-state index in [-0.39, 0.29) is 5.91 Å². The second-order valence-electron chi connectivity index (χ2n) is 10.2. The summed E-state index contributed by atoms with van der Waals surface area (Å²) in [6.45, 7) is 5.09. The highest BCUT2D eigenvalue weighted by molar-refractivity contribution is 5.95. The highest BCUT2D eigenvalue weighted by Gasteiger charge is 2.38. The van der Waals surface area contributed by atoms with Gasteiger partial charge in [-0.3, -0.25) is 19.3 Å². The Bertz CT molecular complexity index is 1200. The fourth-order valence-corrected chi connectivity index (χ4v) is 5.92. The van der Waals surface area contributed by atoms with Crippen molar-refractivity contribution in [2.24, 2.45) is 7.05 Å². The van der Waals surface area contributed by atoms with Gasteiger partial charge in [-0.25, -0.2) is 4.98 Å². The number of amides is 1. The van der Waals surface area contributed by atoms with Gasteiger partial charge in [0.05, 0.1) is 31.6 Å². The molecule has 2 atom stereocenters. The Labute approximate surface area is 206 Å². The molecular formula is C27H34N6O2. The predicted octanol–water partition coefficient (Wildman–Crippen LogP) is 3.42. The predicted molar refractivity (Wildman–Crippen MR) is 136 cm³/mol. The maximum atomic E-state index is 12.8. The number of benzene rings is 1. The summed E-state index contributed by atoms with van der Waals surface area (Å²) in [6.07, 6.45) is 9.92. The van der Waals surface area contributed by atoms with Crippen LogP contribution in [0.25, 0.3) is 21.9 Å². The standard InChI is InChI=1S/C27H34N6O2/c1-31-25(15-32-9-3-2-4-10-32)24(14-29-31)19-5-6-20-13-28-26(12-21(20)11-19)30-27(34)16-33-22-7-8-23(33)18-35-17-22/h5-6,11-14,22-23H,2-4,7-10,15-18H2,1H3,(H,28,30,34). The van der Waals surface area contributed by atoms with Crippen LogP contribution in [0.5, 0.6) is 0 Å². The van der Waals surface area contributed by atoms with Crippen molar-refractivity contribution in [3.8, 4) is 11.1 Å². The Morgan fingerprint density at radius 2 is 1.86 bits per heavy atom. The molecule has 1 amide bonds. The number of morpholine rings is 1. The third-order valence-electron chi connectivity index (χ3n) is 7.90. The quantitative estimate of drug-likeness (QED) is 0.590. The van der Waals surface area contributed by atoms with Crippen LogP contribution in [-0.4, -0.2) is 75.4 Å². The molecular weight excluding hydrogens is 440 g/mol.